The molecule has 0 bridgehead atoms. The summed E-state index contributed by atoms with van der Waals surface area (Å²) in [6.07, 6.45) is -6.53. The van der Waals surface area contributed by atoms with Crippen molar-refractivity contribution in [1.29, 1.82) is 0 Å². The van der Waals surface area contributed by atoms with Gasteiger partial charge in [-0.1, -0.05) is 0 Å². The fourth-order valence-corrected chi connectivity index (χ4v) is 0.470. The molecule has 90 valence electrons. The van der Waals surface area contributed by atoms with Crippen molar-refractivity contribution in [3.05, 3.63) is 11.7 Å². The van der Waals surface area contributed by atoms with Gasteiger partial charge in [-0.05, 0) is 11.6 Å². The first-order chi connectivity index (χ1) is 6.32. The zero-order valence-corrected chi connectivity index (χ0v) is 7.04. The van der Waals surface area contributed by atoms with E-state index < -0.39 is 29.1 Å². The summed E-state index contributed by atoms with van der Waals surface area (Å²) >= 11 is 3.73. The average molecular weight is 266 g/mol. The molecule has 0 spiro atoms. The zero-order chi connectivity index (χ0) is 12.7. The van der Waals surface area contributed by atoms with E-state index in [1.54, 1.807) is 0 Å². The van der Waals surface area contributed by atoms with E-state index >= 15 is 0 Å². The Balaban J connectivity index is 5.44. The van der Waals surface area contributed by atoms with Gasteiger partial charge in [0.05, 0.1) is 0 Å². The second-order valence-electron chi connectivity index (χ2n) is 2.20. The van der Waals surface area contributed by atoms with Crippen LogP contribution in [0.5, 0.6) is 0 Å². The highest BCUT2D eigenvalue weighted by Crippen LogP contribution is 2.46. The molecule has 0 aromatic carbocycles. The lowest BCUT2D eigenvalue weighted by molar-refractivity contribution is -0.271. The topological polar surface area (TPSA) is 0 Å². The minimum Gasteiger partial charge on any atom is -0.202 e. The summed E-state index contributed by atoms with van der Waals surface area (Å²) < 4.78 is 105. The van der Waals surface area contributed by atoms with E-state index in [2.05, 4.69) is 11.6 Å². The molecule has 0 nitrogen and oxygen atoms in total. The largest absolute Gasteiger partial charge is 0.460 e. The summed E-state index contributed by atoms with van der Waals surface area (Å²) in [6, 6.07) is 0. The summed E-state index contributed by atoms with van der Waals surface area (Å²) in [5.74, 6) is -14.0. The van der Waals surface area contributed by atoms with Crippen LogP contribution in [0, 0.1) is 0 Å². The molecule has 0 N–H and O–H groups in total. The lowest BCUT2D eigenvalue weighted by Gasteiger charge is -2.18. The molecule has 0 aliphatic heterocycles. The first-order valence-corrected chi connectivity index (χ1v) is 3.27. The van der Waals surface area contributed by atoms with Gasteiger partial charge >= 0.3 is 17.5 Å². The summed E-state index contributed by atoms with van der Waals surface area (Å²) in [5.41, 5.74) is 0. The first kappa shape index (κ1) is 14.4. The molecule has 0 aliphatic carbocycles. The molecule has 0 unspecified atom stereocenters. The quantitative estimate of drug-likeness (QED) is 0.520. The second-order valence-corrected chi connectivity index (χ2v) is 2.67. The number of allylic oxidation sites excluding steroid dienone is 2. The molecular formula is C5ClF9. The van der Waals surface area contributed by atoms with Crippen LogP contribution < -0.4 is 0 Å². The van der Waals surface area contributed by atoms with E-state index in [9.17, 15) is 39.5 Å². The third-order valence-electron chi connectivity index (χ3n) is 1.07. The van der Waals surface area contributed by atoms with E-state index in [1.165, 1.54) is 0 Å². The molecule has 0 amide bonds. The Bertz CT molecular complexity index is 269. The van der Waals surface area contributed by atoms with Gasteiger partial charge in [-0.15, -0.1) is 0 Å². The highest BCUT2D eigenvalue weighted by molar-refractivity contribution is 6.23. The Morgan fingerprint density at radius 2 is 1.07 bits per heavy atom. The molecule has 0 aromatic rings. The molecule has 0 heterocycles. The van der Waals surface area contributed by atoms with Crippen LogP contribution in [0.25, 0.3) is 0 Å². The van der Waals surface area contributed by atoms with E-state index in [1.807, 2.05) is 0 Å². The fourth-order valence-electron chi connectivity index (χ4n) is 0.387. The highest BCUT2D eigenvalue weighted by atomic mass is 35.5. The molecular weight excluding hydrogens is 266 g/mol. The van der Waals surface area contributed by atoms with Gasteiger partial charge in [0.15, 0.2) is 0 Å². The second kappa shape index (κ2) is 3.76. The van der Waals surface area contributed by atoms with E-state index in [0.29, 0.717) is 0 Å². The molecule has 0 radical (unpaired) electrons. The van der Waals surface area contributed by atoms with Gasteiger partial charge < -0.3 is 0 Å². The third kappa shape index (κ3) is 2.93. The Labute approximate surface area is 81.3 Å². The molecule has 0 saturated heterocycles. The van der Waals surface area contributed by atoms with Gasteiger partial charge in [0.1, 0.15) is 0 Å². The maximum atomic E-state index is 12.0. The Morgan fingerprint density at radius 3 is 1.27 bits per heavy atom. The van der Waals surface area contributed by atoms with Crippen LogP contribution in [-0.2, 0) is 0 Å². The monoisotopic (exact) mass is 266 g/mol. The summed E-state index contributed by atoms with van der Waals surface area (Å²) in [4.78, 5) is 0. The van der Waals surface area contributed by atoms with Crippen LogP contribution in [0.3, 0.4) is 0 Å². The first-order valence-electron chi connectivity index (χ1n) is 2.89. The van der Waals surface area contributed by atoms with Crippen molar-refractivity contribution in [2.24, 2.45) is 0 Å². The van der Waals surface area contributed by atoms with Crippen molar-refractivity contribution in [2.75, 3.05) is 0 Å². The standard InChI is InChI=1S/C5ClF9/c6-4(11,12)2(8)1(7)3(9,10)5(13,14)15. The van der Waals surface area contributed by atoms with Crippen molar-refractivity contribution in [3.8, 4) is 0 Å². The number of halogens is 10. The van der Waals surface area contributed by atoms with E-state index in [4.69, 9.17) is 0 Å². The molecule has 0 atom stereocenters. The lowest BCUT2D eigenvalue weighted by Crippen LogP contribution is -2.38. The molecule has 0 saturated carbocycles. The van der Waals surface area contributed by atoms with Crippen molar-refractivity contribution in [1.82, 2.24) is 0 Å². The van der Waals surface area contributed by atoms with Crippen molar-refractivity contribution >= 4 is 11.6 Å². The van der Waals surface area contributed by atoms with Gasteiger partial charge in [-0.25, -0.2) is 8.78 Å². The lowest BCUT2D eigenvalue weighted by atomic mass is 10.2. The molecule has 0 rings (SSSR count). The Kier molecular flexibility index (Phi) is 3.61. The smallest absolute Gasteiger partial charge is 0.202 e. The Morgan fingerprint density at radius 1 is 0.733 bits per heavy atom. The van der Waals surface area contributed by atoms with Gasteiger partial charge in [-0.3, -0.25) is 0 Å². The van der Waals surface area contributed by atoms with Gasteiger partial charge in [0.25, 0.3) is 0 Å². The van der Waals surface area contributed by atoms with Gasteiger partial charge in [0, 0.05) is 0 Å². The van der Waals surface area contributed by atoms with Crippen LogP contribution in [0.2, 0.25) is 0 Å². The van der Waals surface area contributed by atoms with Crippen molar-refractivity contribution < 1.29 is 39.5 Å². The average Bonchev–Trinajstić information content (AvgIpc) is 1.97. The van der Waals surface area contributed by atoms with Crippen LogP contribution in [0.15, 0.2) is 11.7 Å². The van der Waals surface area contributed by atoms with Crippen LogP contribution in [-0.4, -0.2) is 17.5 Å². The number of alkyl halides is 8. The SMILES string of the molecule is FC(=C(F)C(F)(F)C(F)(F)F)C(F)(F)Cl. The van der Waals surface area contributed by atoms with Gasteiger partial charge in [-0.2, -0.15) is 30.7 Å². The number of rotatable bonds is 2. The maximum absolute atomic E-state index is 12.0. The number of hydrogen-bond acceptors (Lipinski definition) is 0. The molecule has 15 heavy (non-hydrogen) atoms. The van der Waals surface area contributed by atoms with Crippen LogP contribution in [0.4, 0.5) is 39.5 Å². The minimum absolute atomic E-state index is 3.67. The van der Waals surface area contributed by atoms with Crippen molar-refractivity contribution in [2.45, 2.75) is 17.5 Å². The Hall–Kier alpha value is -0.600. The van der Waals surface area contributed by atoms with Crippen LogP contribution >= 0.6 is 11.6 Å². The van der Waals surface area contributed by atoms with E-state index in [0.717, 1.165) is 0 Å². The highest BCUT2D eigenvalue weighted by Gasteiger charge is 2.64. The zero-order valence-electron chi connectivity index (χ0n) is 6.28. The molecule has 0 aromatic heterocycles. The van der Waals surface area contributed by atoms with Gasteiger partial charge in [0.2, 0.25) is 11.7 Å². The minimum atomic E-state index is -6.53. The molecule has 10 heteroatoms. The molecule has 0 fully saturated rings. The maximum Gasteiger partial charge on any atom is 0.460 e. The van der Waals surface area contributed by atoms with Crippen LogP contribution in [0.1, 0.15) is 0 Å². The molecule has 0 aliphatic rings. The van der Waals surface area contributed by atoms with E-state index in [-0.39, 0.29) is 0 Å². The number of hydrogen-bond donors (Lipinski definition) is 0. The normalized spacial score (nSPS) is 16.4. The van der Waals surface area contributed by atoms with Crippen molar-refractivity contribution in [3.63, 3.8) is 0 Å². The predicted octanol–water partition coefficient (Wildman–Crippen LogP) is 4.17. The predicted molar refractivity (Wildman–Crippen MR) is 31.0 cm³/mol. The summed E-state index contributed by atoms with van der Waals surface area (Å²) in [6.45, 7) is 0. The fraction of sp³-hybridized carbons (Fsp3) is 0.600. The third-order valence-corrected chi connectivity index (χ3v) is 1.24. The summed E-state index contributed by atoms with van der Waals surface area (Å²) in [5, 5.41) is -5.27. The summed E-state index contributed by atoms with van der Waals surface area (Å²) in [7, 11) is 0.